The number of hydrogen-bond donors (Lipinski definition) is 0. The van der Waals surface area contributed by atoms with Gasteiger partial charge in [0, 0.05) is 37.9 Å². The smallest absolute Gasteiger partial charge is 0.409 e. The molecule has 0 spiro atoms. The summed E-state index contributed by atoms with van der Waals surface area (Å²) >= 11 is 0. The Hall–Kier alpha value is -2.38. The second-order valence-electron chi connectivity index (χ2n) is 6.70. The number of carbonyl (C=O) groups excluding carboxylic acids is 1. The largest absolute Gasteiger partial charge is 0.449 e. The van der Waals surface area contributed by atoms with Gasteiger partial charge in [-0.1, -0.05) is 6.92 Å². The molecular formula is C18H28N6O2. The zero-order valence-electron chi connectivity index (χ0n) is 15.9. The molecule has 1 fully saturated rings. The van der Waals surface area contributed by atoms with E-state index in [0.29, 0.717) is 32.2 Å². The van der Waals surface area contributed by atoms with E-state index in [0.717, 1.165) is 43.3 Å². The lowest BCUT2D eigenvalue weighted by Crippen LogP contribution is -2.38. The molecule has 3 heterocycles. The summed E-state index contributed by atoms with van der Waals surface area (Å²) < 4.78 is 9.51. The van der Waals surface area contributed by atoms with Crippen molar-refractivity contribution >= 4 is 6.09 Å². The molecule has 1 amide bonds. The zero-order chi connectivity index (χ0) is 18.5. The molecule has 0 saturated carbocycles. The molecule has 2 aromatic heterocycles. The van der Waals surface area contributed by atoms with E-state index < -0.39 is 0 Å². The number of ether oxygens (including phenoxy) is 1. The molecule has 0 aliphatic carbocycles. The third-order valence-corrected chi connectivity index (χ3v) is 4.96. The van der Waals surface area contributed by atoms with E-state index in [2.05, 4.69) is 31.2 Å². The lowest BCUT2D eigenvalue weighted by atomic mass is 9.96. The van der Waals surface area contributed by atoms with Crippen molar-refractivity contribution in [2.24, 2.45) is 0 Å². The molecule has 8 heteroatoms. The van der Waals surface area contributed by atoms with Crippen molar-refractivity contribution in [3.05, 3.63) is 29.9 Å². The number of hydrogen-bond acceptors (Lipinski definition) is 5. The highest BCUT2D eigenvalue weighted by atomic mass is 16.6. The molecule has 1 aliphatic heterocycles. The average molecular weight is 360 g/mol. The molecule has 1 aliphatic rings. The highest BCUT2D eigenvalue weighted by Crippen LogP contribution is 2.27. The van der Waals surface area contributed by atoms with Crippen LogP contribution in [0, 0.1) is 6.92 Å². The van der Waals surface area contributed by atoms with Crippen LogP contribution >= 0.6 is 0 Å². The third-order valence-electron chi connectivity index (χ3n) is 4.96. The monoisotopic (exact) mass is 360 g/mol. The van der Waals surface area contributed by atoms with Gasteiger partial charge in [0.25, 0.3) is 0 Å². The number of likely N-dealkylation sites (tertiary alicyclic amines) is 1. The van der Waals surface area contributed by atoms with Crippen molar-refractivity contribution in [2.75, 3.05) is 19.7 Å². The van der Waals surface area contributed by atoms with Crippen LogP contribution in [0.5, 0.6) is 0 Å². The third kappa shape index (κ3) is 3.89. The second-order valence-corrected chi connectivity index (χ2v) is 6.70. The van der Waals surface area contributed by atoms with Crippen molar-refractivity contribution in [1.29, 1.82) is 0 Å². The first-order chi connectivity index (χ1) is 12.6. The lowest BCUT2D eigenvalue weighted by Gasteiger charge is -2.31. The predicted molar refractivity (Wildman–Crippen MR) is 96.9 cm³/mol. The van der Waals surface area contributed by atoms with E-state index in [4.69, 9.17) is 4.74 Å². The SMILES string of the molecule is CCCOC(=O)N1CCC(c2nnc(Cn3ccnc3C)n2CC)CC1. The van der Waals surface area contributed by atoms with Crippen molar-refractivity contribution in [3.63, 3.8) is 0 Å². The van der Waals surface area contributed by atoms with Crippen molar-refractivity contribution < 1.29 is 9.53 Å². The molecule has 0 unspecified atom stereocenters. The predicted octanol–water partition coefficient (Wildman–Crippen LogP) is 2.58. The second kappa shape index (κ2) is 8.33. The highest BCUT2D eigenvalue weighted by Gasteiger charge is 2.28. The summed E-state index contributed by atoms with van der Waals surface area (Å²) in [7, 11) is 0. The van der Waals surface area contributed by atoms with Gasteiger partial charge in [0.2, 0.25) is 0 Å². The molecule has 0 N–H and O–H groups in total. The molecular weight excluding hydrogens is 332 g/mol. The van der Waals surface area contributed by atoms with Crippen LogP contribution in [0.25, 0.3) is 0 Å². The zero-order valence-corrected chi connectivity index (χ0v) is 15.9. The first kappa shape index (κ1) is 18.4. The maximum absolute atomic E-state index is 12.0. The van der Waals surface area contributed by atoms with Gasteiger partial charge in [0.15, 0.2) is 5.82 Å². The summed E-state index contributed by atoms with van der Waals surface area (Å²) in [6, 6.07) is 0. The highest BCUT2D eigenvalue weighted by molar-refractivity contribution is 5.67. The van der Waals surface area contributed by atoms with Gasteiger partial charge in [-0.3, -0.25) is 0 Å². The summed E-state index contributed by atoms with van der Waals surface area (Å²) in [5.41, 5.74) is 0. The Balaban J connectivity index is 1.65. The number of imidazole rings is 1. The Morgan fingerprint density at radius 3 is 2.65 bits per heavy atom. The summed E-state index contributed by atoms with van der Waals surface area (Å²) in [4.78, 5) is 18.1. The van der Waals surface area contributed by atoms with Gasteiger partial charge in [-0.2, -0.15) is 0 Å². The number of aromatic nitrogens is 5. The van der Waals surface area contributed by atoms with Crippen LogP contribution in [0.15, 0.2) is 12.4 Å². The summed E-state index contributed by atoms with van der Waals surface area (Å²) in [6.07, 6.45) is 6.20. The van der Waals surface area contributed by atoms with E-state index in [1.165, 1.54) is 0 Å². The Bertz CT molecular complexity index is 730. The van der Waals surface area contributed by atoms with E-state index in [-0.39, 0.29) is 6.09 Å². The number of amides is 1. The molecule has 3 rings (SSSR count). The van der Waals surface area contributed by atoms with E-state index in [1.54, 1.807) is 11.1 Å². The number of nitrogens with zero attached hydrogens (tertiary/aromatic N) is 6. The minimum absolute atomic E-state index is 0.196. The van der Waals surface area contributed by atoms with Gasteiger partial charge >= 0.3 is 6.09 Å². The molecule has 2 aromatic rings. The van der Waals surface area contributed by atoms with Crippen molar-refractivity contribution in [3.8, 4) is 0 Å². The molecule has 8 nitrogen and oxygen atoms in total. The van der Waals surface area contributed by atoms with Crippen LogP contribution in [0.1, 0.15) is 56.5 Å². The van der Waals surface area contributed by atoms with Gasteiger partial charge in [0.1, 0.15) is 11.6 Å². The average Bonchev–Trinajstić information content (AvgIpc) is 3.26. The minimum atomic E-state index is -0.196. The van der Waals surface area contributed by atoms with Crippen LogP contribution < -0.4 is 0 Å². The molecule has 0 aromatic carbocycles. The Labute approximate surface area is 154 Å². The van der Waals surface area contributed by atoms with Crippen LogP contribution in [-0.4, -0.2) is 55.0 Å². The normalized spacial score (nSPS) is 15.4. The molecule has 142 valence electrons. The first-order valence-corrected chi connectivity index (χ1v) is 9.45. The number of piperidine rings is 1. The number of aryl methyl sites for hydroxylation is 1. The van der Waals surface area contributed by atoms with E-state index in [1.807, 2.05) is 20.0 Å². The number of rotatable bonds is 6. The fourth-order valence-electron chi connectivity index (χ4n) is 3.44. The fourth-order valence-corrected chi connectivity index (χ4v) is 3.44. The van der Waals surface area contributed by atoms with Crippen LogP contribution in [0.2, 0.25) is 0 Å². The quantitative estimate of drug-likeness (QED) is 0.791. The number of carbonyl (C=O) groups is 1. The molecule has 26 heavy (non-hydrogen) atoms. The van der Waals surface area contributed by atoms with Gasteiger partial charge in [0.05, 0.1) is 13.2 Å². The maximum Gasteiger partial charge on any atom is 0.409 e. The Morgan fingerprint density at radius 1 is 1.27 bits per heavy atom. The van der Waals surface area contributed by atoms with Gasteiger partial charge < -0.3 is 18.8 Å². The van der Waals surface area contributed by atoms with Gasteiger partial charge in [-0.05, 0) is 33.1 Å². The van der Waals surface area contributed by atoms with Crippen LogP contribution in [0.4, 0.5) is 4.79 Å². The first-order valence-electron chi connectivity index (χ1n) is 9.45. The molecule has 0 radical (unpaired) electrons. The molecule has 0 bridgehead atoms. The summed E-state index contributed by atoms with van der Waals surface area (Å²) in [6.45, 7) is 9.52. The molecule has 1 saturated heterocycles. The van der Waals surface area contributed by atoms with Crippen molar-refractivity contribution in [1.82, 2.24) is 29.2 Å². The topological polar surface area (TPSA) is 78.1 Å². The fraction of sp³-hybridized carbons (Fsp3) is 0.667. The van der Waals surface area contributed by atoms with Gasteiger partial charge in [-0.15, -0.1) is 10.2 Å². The Morgan fingerprint density at radius 2 is 2.04 bits per heavy atom. The molecule has 0 atom stereocenters. The minimum Gasteiger partial charge on any atom is -0.449 e. The van der Waals surface area contributed by atoms with Gasteiger partial charge in [-0.25, -0.2) is 9.78 Å². The summed E-state index contributed by atoms with van der Waals surface area (Å²) in [5.74, 6) is 3.28. The summed E-state index contributed by atoms with van der Waals surface area (Å²) in [5, 5.41) is 8.92. The van der Waals surface area contributed by atoms with E-state index >= 15 is 0 Å². The van der Waals surface area contributed by atoms with Crippen LogP contribution in [-0.2, 0) is 17.8 Å². The lowest BCUT2D eigenvalue weighted by molar-refractivity contribution is 0.0921. The standard InChI is InChI=1S/C18H28N6O2/c1-4-12-26-18(25)22-9-6-15(7-10-22)17-21-20-16(24(17)5-2)13-23-11-8-19-14(23)3/h8,11,15H,4-7,9-10,12-13H2,1-3H3. The van der Waals surface area contributed by atoms with Crippen molar-refractivity contribution in [2.45, 2.75) is 59.0 Å². The maximum atomic E-state index is 12.0. The van der Waals surface area contributed by atoms with Crippen LogP contribution in [0.3, 0.4) is 0 Å². The van der Waals surface area contributed by atoms with E-state index in [9.17, 15) is 4.79 Å². The Kier molecular flexibility index (Phi) is 5.90.